The molecule has 0 amide bonds. The van der Waals surface area contributed by atoms with Crippen LogP contribution in [0.4, 0.5) is 0 Å². The Labute approximate surface area is 326 Å². The zero-order valence-electron chi connectivity index (χ0n) is 33.4. The molecule has 9 nitrogen and oxygen atoms in total. The number of hydrogen-bond donors (Lipinski definition) is 0. The van der Waals surface area contributed by atoms with Crippen molar-refractivity contribution in [3.8, 4) is 0 Å². The number of benzene rings is 3. The van der Waals surface area contributed by atoms with E-state index in [2.05, 4.69) is 62.0 Å². The second-order valence-corrected chi connectivity index (χ2v) is 21.3. The van der Waals surface area contributed by atoms with Crippen molar-refractivity contribution >= 4 is 34.8 Å². The number of esters is 1. The summed E-state index contributed by atoms with van der Waals surface area (Å²) < 4.78 is 46.5. The Kier molecular flexibility index (Phi) is 19.0. The van der Waals surface area contributed by atoms with Crippen molar-refractivity contribution in [2.75, 3.05) is 6.61 Å². The first-order valence-electron chi connectivity index (χ1n) is 19.8. The second kappa shape index (κ2) is 22.8. The maximum atomic E-state index is 13.8. The summed E-state index contributed by atoms with van der Waals surface area (Å²) in [5.74, 6) is -0.639. The van der Waals surface area contributed by atoms with Gasteiger partial charge in [0, 0.05) is 18.4 Å². The molecule has 0 heterocycles. The predicted molar refractivity (Wildman–Crippen MR) is 221 cm³/mol. The van der Waals surface area contributed by atoms with Crippen molar-refractivity contribution in [3.05, 3.63) is 101 Å². The summed E-state index contributed by atoms with van der Waals surface area (Å²) in [6.45, 7) is 11.7. The van der Waals surface area contributed by atoms with Crippen LogP contribution in [0.3, 0.4) is 0 Å². The van der Waals surface area contributed by atoms with Gasteiger partial charge >= 0.3 is 5.97 Å². The van der Waals surface area contributed by atoms with E-state index in [-0.39, 0.29) is 23.0 Å². The van der Waals surface area contributed by atoms with Gasteiger partial charge < -0.3 is 9.16 Å². The summed E-state index contributed by atoms with van der Waals surface area (Å²) >= 11 is 0. The normalized spacial score (nSPS) is 13.8. The molecule has 0 aromatic heterocycles. The summed E-state index contributed by atoms with van der Waals surface area (Å²) in [7, 11) is -7.39. The van der Waals surface area contributed by atoms with E-state index in [4.69, 9.17) is 13.3 Å². The molecular weight excluding hydrogens is 715 g/mol. The molecule has 0 bridgehead atoms. The summed E-state index contributed by atoms with van der Waals surface area (Å²) in [6, 6.07) is 25.4. The summed E-state index contributed by atoms with van der Waals surface area (Å²) in [6.07, 6.45) is 11.7. The molecule has 11 heteroatoms. The van der Waals surface area contributed by atoms with Gasteiger partial charge in [0.2, 0.25) is 0 Å². The lowest BCUT2D eigenvalue weighted by molar-refractivity contribution is -0.153. The first-order valence-corrected chi connectivity index (χ1v) is 23.1. The third-order valence-corrected chi connectivity index (χ3v) is 16.4. The van der Waals surface area contributed by atoms with Gasteiger partial charge in [-0.15, -0.1) is 0 Å². The van der Waals surface area contributed by atoms with Gasteiger partial charge in [0.05, 0.1) is 10.9 Å². The number of azide groups is 1. The second-order valence-electron chi connectivity index (χ2n) is 15.4. The van der Waals surface area contributed by atoms with E-state index in [0.717, 1.165) is 35.2 Å². The Morgan fingerprint density at radius 2 is 1.26 bits per heavy atom. The third kappa shape index (κ3) is 13.7. The van der Waals surface area contributed by atoms with E-state index in [9.17, 15) is 18.7 Å². The minimum absolute atomic E-state index is 0.00161. The first kappa shape index (κ1) is 44.9. The number of carbonyl (C=O) groups is 1. The zero-order chi connectivity index (χ0) is 39.5. The first-order chi connectivity index (χ1) is 25.9. The highest BCUT2D eigenvalue weighted by Crippen LogP contribution is 2.37. The molecule has 3 rings (SSSR count). The van der Waals surface area contributed by atoms with Crippen LogP contribution in [0.1, 0.15) is 124 Å². The van der Waals surface area contributed by atoms with Crippen LogP contribution in [0.15, 0.2) is 94.9 Å². The standard InChI is InChI=1S/C43H63N3O6SSi/c1-7-8-9-10-11-12-13-14-15-16-17-24-29-41(52-53(48,49)37-32-30-35(2)31-33-37)42(51-36(3)47)40(45-46-44)34-50-54(43(4,5)6,38-25-20-18-21-26-38)39-27-22-19-23-28-39/h18-23,25-28,30-33,40-42H,7-17,24,29,34H2,1-6H3/t40-,41+,42-/m0/s1. The summed E-state index contributed by atoms with van der Waals surface area (Å²) in [5, 5.41) is 5.79. The van der Waals surface area contributed by atoms with E-state index in [1.54, 1.807) is 12.1 Å². The Hall–Kier alpha value is -3.47. The lowest BCUT2D eigenvalue weighted by Crippen LogP contribution is -2.67. The SMILES string of the molecule is CCCCCCCCCCCCCC[C@@H](OS(=O)(=O)c1ccc(C)cc1)[C@@H](OC(C)=O)[C@H](CO[Si](c1ccccc1)(c1ccccc1)C(C)(C)C)N=[N+]=[N-]. The van der Waals surface area contributed by atoms with Crippen LogP contribution >= 0.6 is 0 Å². The van der Waals surface area contributed by atoms with Gasteiger partial charge in [-0.1, -0.05) is 188 Å². The lowest BCUT2D eigenvalue weighted by atomic mass is 9.99. The van der Waals surface area contributed by atoms with Crippen LogP contribution in [0.25, 0.3) is 10.4 Å². The Balaban J connectivity index is 1.91. The van der Waals surface area contributed by atoms with Gasteiger partial charge in [-0.3, -0.25) is 8.98 Å². The molecule has 54 heavy (non-hydrogen) atoms. The van der Waals surface area contributed by atoms with Crippen LogP contribution in [-0.4, -0.2) is 47.6 Å². The molecule has 0 aliphatic heterocycles. The van der Waals surface area contributed by atoms with Gasteiger partial charge in [-0.05, 0) is 46.4 Å². The fourth-order valence-corrected chi connectivity index (χ4v) is 12.9. The van der Waals surface area contributed by atoms with Gasteiger partial charge in [-0.2, -0.15) is 8.42 Å². The highest BCUT2D eigenvalue weighted by atomic mass is 32.2. The lowest BCUT2D eigenvalue weighted by Gasteiger charge is -2.44. The highest BCUT2D eigenvalue weighted by molar-refractivity contribution is 7.86. The minimum Gasteiger partial charge on any atom is -0.459 e. The number of unbranched alkanes of at least 4 members (excludes halogenated alkanes) is 11. The van der Waals surface area contributed by atoms with Gasteiger partial charge in [0.25, 0.3) is 18.4 Å². The van der Waals surface area contributed by atoms with Crippen LogP contribution in [0.2, 0.25) is 5.04 Å². The monoisotopic (exact) mass is 777 g/mol. The number of nitrogens with zero attached hydrogens (tertiary/aromatic N) is 3. The van der Waals surface area contributed by atoms with Gasteiger partial charge in [-0.25, -0.2) is 0 Å². The van der Waals surface area contributed by atoms with Crippen molar-refractivity contribution in [2.24, 2.45) is 5.11 Å². The molecule has 3 atom stereocenters. The van der Waals surface area contributed by atoms with E-state index in [1.807, 2.05) is 43.3 Å². The number of aryl methyl sites for hydroxylation is 1. The Bertz CT molecular complexity index is 1640. The van der Waals surface area contributed by atoms with Crippen LogP contribution in [0.5, 0.6) is 0 Å². The number of rotatable bonds is 25. The van der Waals surface area contributed by atoms with Gasteiger partial charge in [0.1, 0.15) is 12.2 Å². The molecule has 0 radical (unpaired) electrons. The smallest absolute Gasteiger partial charge is 0.303 e. The Morgan fingerprint density at radius 1 is 0.778 bits per heavy atom. The average Bonchev–Trinajstić information content (AvgIpc) is 3.14. The largest absolute Gasteiger partial charge is 0.459 e. The zero-order valence-corrected chi connectivity index (χ0v) is 35.2. The molecule has 0 fully saturated rings. The van der Waals surface area contributed by atoms with Crippen molar-refractivity contribution in [1.82, 2.24) is 0 Å². The maximum absolute atomic E-state index is 13.8. The number of carbonyl (C=O) groups excluding carboxylic acids is 1. The van der Waals surface area contributed by atoms with Crippen LogP contribution < -0.4 is 10.4 Å². The summed E-state index contributed by atoms with van der Waals surface area (Å²) in [5.41, 5.74) is 10.8. The number of hydrogen-bond acceptors (Lipinski definition) is 7. The molecule has 0 saturated heterocycles. The molecule has 0 spiro atoms. The average molecular weight is 778 g/mol. The van der Waals surface area contributed by atoms with Crippen LogP contribution in [-0.2, 0) is 28.3 Å². The van der Waals surface area contributed by atoms with Crippen LogP contribution in [0, 0.1) is 6.92 Å². The molecular formula is C43H63N3O6SSi. The molecule has 0 N–H and O–H groups in total. The molecule has 0 aliphatic rings. The quantitative estimate of drug-likeness (QED) is 0.0160. The van der Waals surface area contributed by atoms with Crippen molar-refractivity contribution < 1.29 is 26.6 Å². The molecule has 0 aliphatic carbocycles. The third-order valence-electron chi connectivity index (χ3n) is 10.0. The molecule has 0 saturated carbocycles. The molecule has 3 aromatic rings. The molecule has 0 unspecified atom stereocenters. The topological polar surface area (TPSA) is 128 Å². The fraction of sp³-hybridized carbons (Fsp3) is 0.558. The predicted octanol–water partition coefficient (Wildman–Crippen LogP) is 10.3. The molecule has 3 aromatic carbocycles. The van der Waals surface area contributed by atoms with E-state index >= 15 is 0 Å². The van der Waals surface area contributed by atoms with E-state index in [1.165, 1.54) is 70.4 Å². The van der Waals surface area contributed by atoms with Crippen molar-refractivity contribution in [1.29, 1.82) is 0 Å². The van der Waals surface area contributed by atoms with Crippen molar-refractivity contribution in [3.63, 3.8) is 0 Å². The number of ether oxygens (including phenoxy) is 1. The maximum Gasteiger partial charge on any atom is 0.303 e. The van der Waals surface area contributed by atoms with Crippen molar-refractivity contribution in [2.45, 2.75) is 153 Å². The van der Waals surface area contributed by atoms with Gasteiger partial charge in [0.15, 0.2) is 0 Å². The highest BCUT2D eigenvalue weighted by Gasteiger charge is 2.51. The fourth-order valence-electron chi connectivity index (χ4n) is 7.20. The van der Waals surface area contributed by atoms with E-state index in [0.29, 0.717) is 6.42 Å². The minimum atomic E-state index is -4.28. The molecule has 296 valence electrons. The summed E-state index contributed by atoms with van der Waals surface area (Å²) in [4.78, 5) is 15.9. The Morgan fingerprint density at radius 3 is 1.70 bits per heavy atom. The van der Waals surface area contributed by atoms with E-state index < -0.39 is 42.7 Å².